The van der Waals surface area contributed by atoms with Crippen LogP contribution in [0.2, 0.25) is 0 Å². The van der Waals surface area contributed by atoms with Crippen molar-refractivity contribution in [1.82, 2.24) is 10.2 Å². The number of nitrogens with one attached hydrogen (secondary N) is 1. The zero-order valence-electron chi connectivity index (χ0n) is 13.1. The Morgan fingerprint density at radius 3 is 2.86 bits per heavy atom. The lowest BCUT2D eigenvalue weighted by atomic mass is 10.0. The highest BCUT2D eigenvalue weighted by atomic mass is 19.1. The lowest BCUT2D eigenvalue weighted by Crippen LogP contribution is -2.34. The molecule has 1 fully saturated rings. The maximum absolute atomic E-state index is 13.9. The maximum atomic E-state index is 13.9. The van der Waals surface area contributed by atoms with Crippen LogP contribution in [-0.4, -0.2) is 44.3 Å². The molecule has 0 bridgehead atoms. The average molecular weight is 294 g/mol. The molecule has 2 atom stereocenters. The number of hydrogen-bond donors (Lipinski definition) is 1. The summed E-state index contributed by atoms with van der Waals surface area (Å²) < 4.78 is 19.6. The van der Waals surface area contributed by atoms with Crippen LogP contribution in [0, 0.1) is 5.82 Å². The minimum Gasteiger partial charge on any atom is -0.377 e. The number of benzene rings is 1. The van der Waals surface area contributed by atoms with Gasteiger partial charge in [-0.1, -0.05) is 25.1 Å². The third-order valence-corrected chi connectivity index (χ3v) is 4.30. The second-order valence-corrected chi connectivity index (χ2v) is 5.68. The molecule has 1 aliphatic heterocycles. The van der Waals surface area contributed by atoms with Crippen LogP contribution in [0.5, 0.6) is 0 Å². The van der Waals surface area contributed by atoms with Crippen LogP contribution in [0.25, 0.3) is 0 Å². The fourth-order valence-electron chi connectivity index (χ4n) is 2.98. The Bertz CT molecular complexity index is 421. The normalized spacial score (nSPS) is 20.1. The molecule has 21 heavy (non-hydrogen) atoms. The van der Waals surface area contributed by atoms with Gasteiger partial charge in [0.05, 0.1) is 6.10 Å². The first-order valence-electron chi connectivity index (χ1n) is 8.00. The monoisotopic (exact) mass is 294 g/mol. The van der Waals surface area contributed by atoms with Gasteiger partial charge in [-0.15, -0.1) is 0 Å². The molecule has 0 aliphatic carbocycles. The Labute approximate surface area is 127 Å². The zero-order chi connectivity index (χ0) is 15.1. The van der Waals surface area contributed by atoms with Crippen molar-refractivity contribution < 1.29 is 9.13 Å². The van der Waals surface area contributed by atoms with Gasteiger partial charge in [0.25, 0.3) is 0 Å². The van der Waals surface area contributed by atoms with Gasteiger partial charge in [-0.05, 0) is 38.9 Å². The summed E-state index contributed by atoms with van der Waals surface area (Å²) >= 11 is 0. The van der Waals surface area contributed by atoms with E-state index in [4.69, 9.17) is 4.74 Å². The Hall–Kier alpha value is -0.970. The molecular weight excluding hydrogens is 267 g/mol. The zero-order valence-corrected chi connectivity index (χ0v) is 13.1. The Morgan fingerprint density at radius 2 is 2.24 bits per heavy atom. The van der Waals surface area contributed by atoms with Gasteiger partial charge in [0.1, 0.15) is 5.82 Å². The lowest BCUT2D eigenvalue weighted by molar-refractivity contribution is 0.0735. The molecule has 2 rings (SSSR count). The summed E-state index contributed by atoms with van der Waals surface area (Å²) in [6.45, 7) is 6.02. The number of likely N-dealkylation sites (N-methyl/N-ethyl adjacent to an activating group) is 1. The van der Waals surface area contributed by atoms with Crippen LogP contribution < -0.4 is 5.32 Å². The topological polar surface area (TPSA) is 24.5 Å². The minimum absolute atomic E-state index is 0.0600. The first-order valence-corrected chi connectivity index (χ1v) is 8.00. The average Bonchev–Trinajstić information content (AvgIpc) is 3.01. The minimum atomic E-state index is -0.126. The van der Waals surface area contributed by atoms with Crippen LogP contribution in [0.4, 0.5) is 4.39 Å². The van der Waals surface area contributed by atoms with E-state index in [1.54, 1.807) is 6.07 Å². The molecule has 0 saturated carbocycles. The molecule has 4 heteroatoms. The second-order valence-electron chi connectivity index (χ2n) is 5.68. The lowest BCUT2D eigenvalue weighted by Gasteiger charge is -2.26. The highest BCUT2D eigenvalue weighted by molar-refractivity contribution is 5.21. The molecule has 2 unspecified atom stereocenters. The smallest absolute Gasteiger partial charge is 0.127 e. The van der Waals surface area contributed by atoms with Crippen molar-refractivity contribution in [2.24, 2.45) is 0 Å². The molecule has 0 radical (unpaired) electrons. The summed E-state index contributed by atoms with van der Waals surface area (Å²) in [7, 11) is 1.90. The summed E-state index contributed by atoms with van der Waals surface area (Å²) in [4.78, 5) is 2.40. The predicted octanol–water partition coefficient (Wildman–Crippen LogP) is 2.98. The molecule has 1 aromatic rings. The van der Waals surface area contributed by atoms with Crippen LogP contribution in [0.1, 0.15) is 37.8 Å². The Morgan fingerprint density at radius 1 is 1.43 bits per heavy atom. The van der Waals surface area contributed by atoms with E-state index < -0.39 is 0 Å². The quantitative estimate of drug-likeness (QED) is 0.798. The van der Waals surface area contributed by atoms with Crippen LogP contribution in [0.15, 0.2) is 24.3 Å². The van der Waals surface area contributed by atoms with Crippen LogP contribution >= 0.6 is 0 Å². The van der Waals surface area contributed by atoms with Crippen molar-refractivity contribution in [3.8, 4) is 0 Å². The third kappa shape index (κ3) is 4.77. The van der Waals surface area contributed by atoms with Gasteiger partial charge in [-0.25, -0.2) is 4.39 Å². The molecule has 0 aromatic heterocycles. The maximum Gasteiger partial charge on any atom is 0.127 e. The van der Waals surface area contributed by atoms with Gasteiger partial charge in [-0.3, -0.25) is 0 Å². The highest BCUT2D eigenvalue weighted by Gasteiger charge is 2.20. The number of ether oxygens (including phenoxy) is 1. The molecule has 1 aliphatic rings. The molecule has 1 N–H and O–H groups in total. The van der Waals surface area contributed by atoms with E-state index >= 15 is 0 Å². The number of rotatable bonds is 8. The van der Waals surface area contributed by atoms with Gasteiger partial charge < -0.3 is 15.0 Å². The summed E-state index contributed by atoms with van der Waals surface area (Å²) in [6.07, 6.45) is 3.62. The molecule has 0 spiro atoms. The Kier molecular flexibility index (Phi) is 6.61. The summed E-state index contributed by atoms with van der Waals surface area (Å²) in [5.74, 6) is -0.126. The van der Waals surface area contributed by atoms with Crippen LogP contribution in [-0.2, 0) is 4.74 Å². The third-order valence-electron chi connectivity index (χ3n) is 4.30. The fourth-order valence-corrected chi connectivity index (χ4v) is 2.98. The van der Waals surface area contributed by atoms with Crippen molar-refractivity contribution in [2.45, 2.75) is 38.3 Å². The van der Waals surface area contributed by atoms with Crippen LogP contribution in [0.3, 0.4) is 0 Å². The SMILES string of the molecule is CCN(CCC(NC)c1ccccc1F)CC1CCCO1. The van der Waals surface area contributed by atoms with Crippen molar-refractivity contribution >= 4 is 0 Å². The first-order chi connectivity index (χ1) is 10.2. The molecular formula is C17H27FN2O. The van der Waals surface area contributed by atoms with Crippen molar-refractivity contribution in [1.29, 1.82) is 0 Å². The standard InChI is InChI=1S/C17H27FN2O/c1-3-20(13-14-7-6-12-21-14)11-10-17(19-2)15-8-4-5-9-16(15)18/h4-5,8-9,14,17,19H,3,6-7,10-13H2,1-2H3. The van der Waals surface area contributed by atoms with Gasteiger partial charge in [0.15, 0.2) is 0 Å². The van der Waals surface area contributed by atoms with Gasteiger partial charge in [-0.2, -0.15) is 0 Å². The van der Waals surface area contributed by atoms with E-state index in [0.717, 1.165) is 38.2 Å². The van der Waals surface area contributed by atoms with E-state index in [1.165, 1.54) is 18.9 Å². The van der Waals surface area contributed by atoms with E-state index in [1.807, 2.05) is 19.2 Å². The second kappa shape index (κ2) is 8.47. The van der Waals surface area contributed by atoms with Crippen molar-refractivity contribution in [2.75, 3.05) is 33.3 Å². The summed E-state index contributed by atoms with van der Waals surface area (Å²) in [6, 6.07) is 7.09. The van der Waals surface area contributed by atoms with E-state index in [2.05, 4.69) is 17.1 Å². The number of hydrogen-bond acceptors (Lipinski definition) is 3. The fraction of sp³-hybridized carbons (Fsp3) is 0.647. The van der Waals surface area contributed by atoms with E-state index in [0.29, 0.717) is 6.10 Å². The number of nitrogens with zero attached hydrogens (tertiary/aromatic N) is 1. The van der Waals surface area contributed by atoms with E-state index in [-0.39, 0.29) is 11.9 Å². The number of halogens is 1. The highest BCUT2D eigenvalue weighted by Crippen LogP contribution is 2.20. The first kappa shape index (κ1) is 16.4. The molecule has 3 nitrogen and oxygen atoms in total. The van der Waals surface area contributed by atoms with Gasteiger partial charge in [0.2, 0.25) is 0 Å². The molecule has 1 heterocycles. The van der Waals surface area contributed by atoms with Crippen molar-refractivity contribution in [3.63, 3.8) is 0 Å². The van der Waals surface area contributed by atoms with Crippen molar-refractivity contribution in [3.05, 3.63) is 35.6 Å². The van der Waals surface area contributed by atoms with Gasteiger partial charge >= 0.3 is 0 Å². The molecule has 1 aromatic carbocycles. The Balaban J connectivity index is 1.87. The summed E-state index contributed by atoms with van der Waals surface area (Å²) in [5.41, 5.74) is 0.758. The molecule has 118 valence electrons. The largest absolute Gasteiger partial charge is 0.377 e. The summed E-state index contributed by atoms with van der Waals surface area (Å²) in [5, 5.41) is 3.23. The van der Waals surface area contributed by atoms with E-state index in [9.17, 15) is 4.39 Å². The predicted molar refractivity (Wildman–Crippen MR) is 83.9 cm³/mol. The molecule has 1 saturated heterocycles. The molecule has 0 amide bonds. The van der Waals surface area contributed by atoms with Gasteiger partial charge in [0, 0.05) is 31.3 Å².